The van der Waals surface area contributed by atoms with Crippen LogP contribution >= 0.6 is 11.3 Å². The lowest BCUT2D eigenvalue weighted by Crippen LogP contribution is -1.99. The zero-order chi connectivity index (χ0) is 22.0. The molecule has 0 saturated heterocycles. The third-order valence-corrected chi connectivity index (χ3v) is 5.37. The summed E-state index contributed by atoms with van der Waals surface area (Å²) in [5.41, 5.74) is 1.99. The molecular formula is C26H38O3S. The molecule has 0 radical (unpaired) electrons. The fourth-order valence-electron chi connectivity index (χ4n) is 2.82. The Balaban J connectivity index is 2.42. The van der Waals surface area contributed by atoms with Gasteiger partial charge in [0, 0.05) is 6.08 Å². The van der Waals surface area contributed by atoms with Crippen molar-refractivity contribution in [3.05, 3.63) is 57.8 Å². The highest BCUT2D eigenvalue weighted by atomic mass is 32.1. The largest absolute Gasteiger partial charge is 0.492 e. The van der Waals surface area contributed by atoms with Crippen LogP contribution in [0, 0.1) is 0 Å². The van der Waals surface area contributed by atoms with Crippen LogP contribution < -0.4 is 4.74 Å². The number of esters is 1. The Labute approximate surface area is 187 Å². The van der Waals surface area contributed by atoms with Crippen LogP contribution in [0.1, 0.15) is 77.5 Å². The summed E-state index contributed by atoms with van der Waals surface area (Å²) in [6.45, 7) is 9.17. The predicted octanol–water partition coefficient (Wildman–Crippen LogP) is 7.90. The van der Waals surface area contributed by atoms with Crippen molar-refractivity contribution in [3.8, 4) is 5.75 Å². The molecule has 1 rings (SSSR count). The van der Waals surface area contributed by atoms with Gasteiger partial charge in [-0.15, -0.1) is 11.3 Å². The fraction of sp³-hybridized carbons (Fsp3) is 0.500. The van der Waals surface area contributed by atoms with E-state index in [1.807, 2.05) is 31.2 Å². The van der Waals surface area contributed by atoms with Gasteiger partial charge >= 0.3 is 5.97 Å². The van der Waals surface area contributed by atoms with E-state index < -0.39 is 0 Å². The summed E-state index contributed by atoms with van der Waals surface area (Å²) in [6, 6.07) is 2.05. The fourth-order valence-corrected chi connectivity index (χ4v) is 3.55. The van der Waals surface area contributed by atoms with E-state index in [4.69, 9.17) is 9.47 Å². The second-order valence-electron chi connectivity index (χ2n) is 7.36. The van der Waals surface area contributed by atoms with Gasteiger partial charge in [0.2, 0.25) is 0 Å². The zero-order valence-corrected chi connectivity index (χ0v) is 19.9. The average Bonchev–Trinajstić information content (AvgIpc) is 3.16. The molecule has 0 N–H and O–H groups in total. The summed E-state index contributed by atoms with van der Waals surface area (Å²) < 4.78 is 10.9. The lowest BCUT2D eigenvalue weighted by molar-refractivity contribution is -0.137. The van der Waals surface area contributed by atoms with Gasteiger partial charge in [-0.2, -0.15) is 0 Å². The van der Waals surface area contributed by atoms with E-state index in [0.717, 1.165) is 34.8 Å². The Morgan fingerprint density at radius 3 is 2.47 bits per heavy atom. The number of hydrogen-bond acceptors (Lipinski definition) is 4. The lowest BCUT2D eigenvalue weighted by atomic mass is 10.1. The smallest absolute Gasteiger partial charge is 0.330 e. The predicted molar refractivity (Wildman–Crippen MR) is 130 cm³/mol. The molecular weight excluding hydrogens is 392 g/mol. The molecule has 0 aliphatic heterocycles. The number of ether oxygens (including phenoxy) is 2. The van der Waals surface area contributed by atoms with Crippen molar-refractivity contribution in [1.82, 2.24) is 0 Å². The van der Waals surface area contributed by atoms with Gasteiger partial charge in [0.25, 0.3) is 0 Å². The normalized spacial score (nSPS) is 12.8. The van der Waals surface area contributed by atoms with E-state index in [9.17, 15) is 4.79 Å². The van der Waals surface area contributed by atoms with E-state index in [-0.39, 0.29) is 5.97 Å². The van der Waals surface area contributed by atoms with Crippen LogP contribution in [0.15, 0.2) is 53.0 Å². The molecule has 0 aliphatic rings. The monoisotopic (exact) mass is 430 g/mol. The molecule has 0 spiro atoms. The molecule has 30 heavy (non-hydrogen) atoms. The Morgan fingerprint density at radius 2 is 1.73 bits per heavy atom. The molecule has 166 valence electrons. The molecule has 1 aromatic heterocycles. The number of thiophene rings is 1. The quantitative estimate of drug-likeness (QED) is 0.123. The molecule has 1 heterocycles. The molecule has 1 aromatic rings. The highest BCUT2D eigenvalue weighted by Crippen LogP contribution is 2.27. The second kappa shape index (κ2) is 16.7. The first-order valence-corrected chi connectivity index (χ1v) is 12.0. The highest BCUT2D eigenvalue weighted by Gasteiger charge is 2.02. The summed E-state index contributed by atoms with van der Waals surface area (Å²) in [5, 5.41) is 2.07. The van der Waals surface area contributed by atoms with Crippen molar-refractivity contribution in [2.45, 2.75) is 72.6 Å². The van der Waals surface area contributed by atoms with Crippen LogP contribution in [0.5, 0.6) is 5.75 Å². The van der Waals surface area contributed by atoms with Crippen molar-refractivity contribution in [1.29, 1.82) is 0 Å². The van der Waals surface area contributed by atoms with Gasteiger partial charge in [-0.3, -0.25) is 0 Å². The average molecular weight is 431 g/mol. The van der Waals surface area contributed by atoms with Crippen LogP contribution in [-0.4, -0.2) is 19.2 Å². The first-order chi connectivity index (χ1) is 14.6. The minimum atomic E-state index is -0.304. The van der Waals surface area contributed by atoms with Crippen molar-refractivity contribution < 1.29 is 14.3 Å². The van der Waals surface area contributed by atoms with Gasteiger partial charge in [-0.05, 0) is 50.3 Å². The summed E-state index contributed by atoms with van der Waals surface area (Å²) in [4.78, 5) is 12.6. The highest BCUT2D eigenvalue weighted by molar-refractivity contribution is 7.11. The molecule has 3 nitrogen and oxygen atoms in total. The van der Waals surface area contributed by atoms with Crippen LogP contribution in [0.2, 0.25) is 0 Å². The number of hydrogen-bond donors (Lipinski definition) is 0. The molecule has 4 heteroatoms. The second-order valence-corrected chi connectivity index (χ2v) is 8.31. The maximum absolute atomic E-state index is 11.4. The summed E-state index contributed by atoms with van der Waals surface area (Å²) in [7, 11) is 0. The zero-order valence-electron chi connectivity index (χ0n) is 19.1. The first-order valence-electron chi connectivity index (χ1n) is 11.1. The number of unbranched alkanes of at least 4 members (excludes halogenated alkanes) is 6. The van der Waals surface area contributed by atoms with E-state index in [1.165, 1.54) is 44.6 Å². The summed E-state index contributed by atoms with van der Waals surface area (Å²) >= 11 is 1.69. The maximum Gasteiger partial charge on any atom is 0.330 e. The number of carbonyl (C=O) groups excluding carboxylic acids is 1. The van der Waals surface area contributed by atoms with Gasteiger partial charge in [0.1, 0.15) is 5.75 Å². The minimum Gasteiger partial charge on any atom is -0.492 e. The molecule has 0 atom stereocenters. The van der Waals surface area contributed by atoms with Crippen LogP contribution in [-0.2, 0) is 9.53 Å². The number of carbonyl (C=O) groups is 1. The first kappa shape index (κ1) is 26.0. The third-order valence-electron chi connectivity index (χ3n) is 4.51. The van der Waals surface area contributed by atoms with E-state index in [0.29, 0.717) is 6.61 Å². The van der Waals surface area contributed by atoms with Crippen molar-refractivity contribution in [3.63, 3.8) is 0 Å². The molecule has 0 saturated carbocycles. The van der Waals surface area contributed by atoms with Gasteiger partial charge in [-0.25, -0.2) is 4.79 Å². The Bertz CT molecular complexity index is 722. The minimum absolute atomic E-state index is 0.304. The molecule has 0 aliphatic carbocycles. The van der Waals surface area contributed by atoms with Crippen LogP contribution in [0.25, 0.3) is 6.08 Å². The van der Waals surface area contributed by atoms with Crippen LogP contribution in [0.3, 0.4) is 0 Å². The SMILES string of the molecule is CCCCCCCCCOc1ccsc1/C=C/C(C)=C/C=C/C(C)=C/C(=O)OCC. The molecule has 0 fully saturated rings. The van der Waals surface area contributed by atoms with Gasteiger partial charge < -0.3 is 9.47 Å². The van der Waals surface area contributed by atoms with Crippen molar-refractivity contribution >= 4 is 23.4 Å². The Morgan fingerprint density at radius 1 is 1.00 bits per heavy atom. The van der Waals surface area contributed by atoms with Gasteiger partial charge in [-0.1, -0.05) is 75.3 Å². The maximum atomic E-state index is 11.4. The third kappa shape index (κ3) is 12.5. The molecule has 0 unspecified atom stereocenters. The molecule has 0 bridgehead atoms. The van der Waals surface area contributed by atoms with Gasteiger partial charge in [0.15, 0.2) is 0 Å². The standard InChI is InChI=1S/C26H38O3S/c1-5-7-8-9-10-11-12-19-29-24-18-20-30-25(24)17-16-22(3)14-13-15-23(4)21-26(27)28-6-2/h13-18,20-21H,5-12,19H2,1-4H3/b15-13+,17-16+,22-14+,23-21+. The summed E-state index contributed by atoms with van der Waals surface area (Å²) in [6.07, 6.45) is 20.6. The number of allylic oxidation sites excluding steroid dienone is 6. The lowest BCUT2D eigenvalue weighted by Gasteiger charge is -2.05. The van der Waals surface area contributed by atoms with E-state index in [2.05, 4.69) is 31.4 Å². The molecule has 0 amide bonds. The van der Waals surface area contributed by atoms with Crippen molar-refractivity contribution in [2.75, 3.05) is 13.2 Å². The summed E-state index contributed by atoms with van der Waals surface area (Å²) in [5.74, 6) is 0.667. The Hall–Kier alpha value is -2.07. The van der Waals surface area contributed by atoms with E-state index >= 15 is 0 Å². The van der Waals surface area contributed by atoms with Crippen molar-refractivity contribution in [2.24, 2.45) is 0 Å². The number of rotatable bonds is 15. The topological polar surface area (TPSA) is 35.5 Å². The Kier molecular flexibility index (Phi) is 14.5. The molecule has 0 aromatic carbocycles. The van der Waals surface area contributed by atoms with Gasteiger partial charge in [0.05, 0.1) is 18.1 Å². The van der Waals surface area contributed by atoms with Crippen LogP contribution in [0.4, 0.5) is 0 Å². The van der Waals surface area contributed by atoms with E-state index in [1.54, 1.807) is 18.3 Å².